The lowest BCUT2D eigenvalue weighted by atomic mass is 10.0. The maximum atomic E-state index is 13.3. The number of nitrogens with zero attached hydrogens (tertiary/aromatic N) is 4. The van der Waals surface area contributed by atoms with E-state index in [4.69, 9.17) is 5.41 Å². The fourth-order valence-electron chi connectivity index (χ4n) is 5.18. The van der Waals surface area contributed by atoms with E-state index in [9.17, 15) is 9.59 Å². The first-order valence-corrected chi connectivity index (χ1v) is 14.1. The minimum absolute atomic E-state index is 0.162. The van der Waals surface area contributed by atoms with Gasteiger partial charge in [-0.15, -0.1) is 11.3 Å². The molecule has 208 valence electrons. The molecule has 0 radical (unpaired) electrons. The summed E-state index contributed by atoms with van der Waals surface area (Å²) in [5.74, 6) is -0.556. The predicted molar refractivity (Wildman–Crippen MR) is 160 cm³/mol. The minimum atomic E-state index is -0.335. The highest BCUT2D eigenvalue weighted by Crippen LogP contribution is 2.35. The lowest BCUT2D eigenvalue weighted by Gasteiger charge is -2.31. The van der Waals surface area contributed by atoms with E-state index in [1.165, 1.54) is 36.4 Å². The number of hydrogen-bond acceptors (Lipinski definition) is 8. The molecule has 0 unspecified atom stereocenters. The number of benzene rings is 1. The quantitative estimate of drug-likeness (QED) is 0.221. The molecule has 5 rings (SSSR count). The number of thiazole rings is 1. The number of nitrogens with one attached hydrogen (secondary N) is 4. The number of anilines is 2. The first kappa shape index (κ1) is 27.5. The molecular weight excluding hydrogens is 524 g/mol. The fourth-order valence-corrected chi connectivity index (χ4v) is 6.28. The lowest BCUT2D eigenvalue weighted by Crippen LogP contribution is -2.43. The third kappa shape index (κ3) is 5.34. The van der Waals surface area contributed by atoms with E-state index in [-0.39, 0.29) is 17.4 Å². The molecule has 0 saturated carbocycles. The molecule has 40 heavy (non-hydrogen) atoms. The predicted octanol–water partition coefficient (Wildman–Crippen LogP) is 4.66. The Hall–Kier alpha value is -4.09. The normalized spacial score (nSPS) is 14.8. The molecule has 3 aromatic heterocycles. The van der Waals surface area contributed by atoms with Gasteiger partial charge in [0.05, 0.1) is 33.6 Å². The van der Waals surface area contributed by atoms with Gasteiger partial charge in [0.2, 0.25) is 0 Å². The number of amides is 2. The number of aromatic nitrogens is 3. The van der Waals surface area contributed by atoms with Gasteiger partial charge in [-0.1, -0.05) is 12.1 Å². The second-order valence-corrected chi connectivity index (χ2v) is 11.6. The molecule has 2 amide bonds. The van der Waals surface area contributed by atoms with Crippen LogP contribution in [0.1, 0.15) is 58.7 Å². The Morgan fingerprint density at radius 2 is 2.02 bits per heavy atom. The molecule has 1 fully saturated rings. The van der Waals surface area contributed by atoms with E-state index in [2.05, 4.69) is 44.8 Å². The molecule has 0 aliphatic carbocycles. The molecule has 11 heteroatoms. The summed E-state index contributed by atoms with van der Waals surface area (Å²) >= 11 is 1.43. The van der Waals surface area contributed by atoms with Crippen LogP contribution in [-0.2, 0) is 0 Å². The van der Waals surface area contributed by atoms with Gasteiger partial charge < -0.3 is 21.4 Å². The molecule has 1 aromatic carbocycles. The Kier molecular flexibility index (Phi) is 7.68. The summed E-state index contributed by atoms with van der Waals surface area (Å²) < 4.78 is 1.67. The van der Waals surface area contributed by atoms with Crippen molar-refractivity contribution in [3.8, 4) is 10.4 Å². The summed E-state index contributed by atoms with van der Waals surface area (Å²) in [6.07, 6.45) is 8.59. The standard InChI is InChI=1S/C29H34N8O2S/c1-18-24(13-19(15-33-18)26(38)32-10-12-36-11-6-9-29(36,2)3)35-27(39)22-16-34-37-17-25(40-28(22)37)20-7-5-8-23(31-4)21(20)14-30/h5,7-8,13-17,30-31H,6,9-12H2,1-4H3,(H,32,38)(H,35,39). The fraction of sp³-hybridized carbons (Fsp3) is 0.345. The molecule has 1 saturated heterocycles. The zero-order valence-electron chi connectivity index (χ0n) is 23.2. The number of fused-ring (bicyclic) bond motifs is 1. The van der Waals surface area contributed by atoms with E-state index in [1.807, 2.05) is 31.4 Å². The van der Waals surface area contributed by atoms with Gasteiger partial charge in [0.15, 0.2) is 0 Å². The molecule has 4 heterocycles. The van der Waals surface area contributed by atoms with E-state index in [0.29, 0.717) is 33.9 Å². The highest BCUT2D eigenvalue weighted by Gasteiger charge is 2.31. The zero-order valence-corrected chi connectivity index (χ0v) is 24.0. The summed E-state index contributed by atoms with van der Waals surface area (Å²) in [5.41, 5.74) is 4.56. The van der Waals surface area contributed by atoms with Crippen LogP contribution in [0, 0.1) is 12.3 Å². The second-order valence-electron chi connectivity index (χ2n) is 10.5. The van der Waals surface area contributed by atoms with Gasteiger partial charge in [0.25, 0.3) is 11.8 Å². The van der Waals surface area contributed by atoms with Crippen LogP contribution >= 0.6 is 11.3 Å². The van der Waals surface area contributed by atoms with Gasteiger partial charge in [0, 0.05) is 61.1 Å². The van der Waals surface area contributed by atoms with Gasteiger partial charge >= 0.3 is 0 Å². The number of hydrogen-bond donors (Lipinski definition) is 4. The molecule has 4 aromatic rings. The summed E-state index contributed by atoms with van der Waals surface area (Å²) in [5, 5.41) is 21.3. The second kappa shape index (κ2) is 11.2. The van der Waals surface area contributed by atoms with Crippen LogP contribution in [-0.4, -0.2) is 69.7 Å². The molecule has 0 spiro atoms. The summed E-state index contributed by atoms with van der Waals surface area (Å²) in [6.45, 7) is 8.65. The molecule has 0 bridgehead atoms. The average molecular weight is 559 g/mol. The van der Waals surface area contributed by atoms with E-state index in [0.717, 1.165) is 41.2 Å². The molecule has 4 N–H and O–H groups in total. The van der Waals surface area contributed by atoms with Crippen molar-refractivity contribution in [3.05, 3.63) is 65.2 Å². The molecule has 1 aliphatic rings. The summed E-state index contributed by atoms with van der Waals surface area (Å²) in [6, 6.07) is 7.45. The van der Waals surface area contributed by atoms with Crippen molar-refractivity contribution in [2.24, 2.45) is 0 Å². The maximum Gasteiger partial charge on any atom is 0.260 e. The van der Waals surface area contributed by atoms with Crippen molar-refractivity contribution >= 4 is 45.6 Å². The van der Waals surface area contributed by atoms with Crippen molar-refractivity contribution in [2.75, 3.05) is 37.3 Å². The van der Waals surface area contributed by atoms with Gasteiger partial charge in [-0.3, -0.25) is 19.5 Å². The van der Waals surface area contributed by atoms with Gasteiger partial charge in [-0.2, -0.15) is 5.10 Å². The SMILES string of the molecule is CNc1cccc(-c2cn3ncc(C(=O)Nc4cc(C(=O)NCCN5CCCC5(C)C)cnc4C)c3s2)c1C=N. The van der Waals surface area contributed by atoms with Gasteiger partial charge in [-0.05, 0) is 52.3 Å². The van der Waals surface area contributed by atoms with Crippen molar-refractivity contribution in [1.82, 2.24) is 24.8 Å². The first-order chi connectivity index (χ1) is 19.2. The van der Waals surface area contributed by atoms with Crippen LogP contribution in [0.15, 0.2) is 42.9 Å². The number of carbonyl (C=O) groups is 2. The summed E-state index contributed by atoms with van der Waals surface area (Å²) in [4.78, 5) is 34.5. The van der Waals surface area contributed by atoms with Crippen molar-refractivity contribution in [3.63, 3.8) is 0 Å². The highest BCUT2D eigenvalue weighted by molar-refractivity contribution is 7.21. The van der Waals surface area contributed by atoms with Crippen molar-refractivity contribution in [1.29, 1.82) is 5.41 Å². The number of likely N-dealkylation sites (tertiary alicyclic amines) is 1. The van der Waals surface area contributed by atoms with E-state index < -0.39 is 0 Å². The van der Waals surface area contributed by atoms with Gasteiger partial charge in [0.1, 0.15) is 4.83 Å². The van der Waals surface area contributed by atoms with Crippen LogP contribution in [0.5, 0.6) is 0 Å². The van der Waals surface area contributed by atoms with Gasteiger partial charge in [-0.25, -0.2) is 4.52 Å². The van der Waals surface area contributed by atoms with Crippen LogP contribution in [0.25, 0.3) is 15.3 Å². The Labute approximate surface area is 237 Å². The largest absolute Gasteiger partial charge is 0.388 e. The Morgan fingerprint density at radius 1 is 1.20 bits per heavy atom. The third-order valence-electron chi connectivity index (χ3n) is 7.56. The zero-order chi connectivity index (χ0) is 28.4. The number of aryl methyl sites for hydroxylation is 1. The van der Waals surface area contributed by atoms with Crippen LogP contribution < -0.4 is 16.0 Å². The first-order valence-electron chi connectivity index (χ1n) is 13.3. The monoisotopic (exact) mass is 558 g/mol. The Morgan fingerprint density at radius 3 is 2.75 bits per heavy atom. The Balaban J connectivity index is 1.31. The topological polar surface area (TPSA) is 128 Å². The average Bonchev–Trinajstić information content (AvgIpc) is 3.63. The molecular formula is C29H34N8O2S. The number of rotatable bonds is 9. The third-order valence-corrected chi connectivity index (χ3v) is 8.71. The summed E-state index contributed by atoms with van der Waals surface area (Å²) in [7, 11) is 1.82. The van der Waals surface area contributed by atoms with Crippen LogP contribution in [0.2, 0.25) is 0 Å². The number of carbonyl (C=O) groups excluding carboxylic acids is 2. The smallest absolute Gasteiger partial charge is 0.260 e. The minimum Gasteiger partial charge on any atom is -0.388 e. The maximum absolute atomic E-state index is 13.3. The van der Waals surface area contributed by atoms with Crippen LogP contribution in [0.3, 0.4) is 0 Å². The van der Waals surface area contributed by atoms with Crippen molar-refractivity contribution in [2.45, 2.75) is 39.2 Å². The lowest BCUT2D eigenvalue weighted by molar-refractivity contribution is 0.0938. The van der Waals surface area contributed by atoms with E-state index in [1.54, 1.807) is 17.5 Å². The molecule has 10 nitrogen and oxygen atoms in total. The van der Waals surface area contributed by atoms with Crippen molar-refractivity contribution < 1.29 is 9.59 Å². The highest BCUT2D eigenvalue weighted by atomic mass is 32.1. The Bertz CT molecular complexity index is 1590. The number of pyridine rings is 1. The van der Waals surface area contributed by atoms with E-state index >= 15 is 0 Å². The molecule has 1 aliphatic heterocycles. The van der Waals surface area contributed by atoms with Crippen LogP contribution in [0.4, 0.5) is 11.4 Å². The molecule has 0 atom stereocenters.